The Bertz CT molecular complexity index is 1820. The monoisotopic (exact) mass is 601 g/mol. The number of rotatable bonds is 7. The molecule has 10 nitrogen and oxygen atoms in total. The second kappa shape index (κ2) is 11.1. The van der Waals surface area contributed by atoms with E-state index in [9.17, 15) is 24.5 Å². The van der Waals surface area contributed by atoms with E-state index in [1.165, 1.54) is 19.2 Å². The largest absolute Gasteiger partial charge is 0.495 e. The maximum atomic E-state index is 14.5. The number of anilines is 2. The fourth-order valence-corrected chi connectivity index (χ4v) is 6.76. The molecular weight excluding hydrogens is 574 g/mol. The third-order valence-corrected chi connectivity index (χ3v) is 8.71. The molecule has 4 aromatic rings. The molecule has 4 atom stereocenters. The van der Waals surface area contributed by atoms with Crippen LogP contribution in [-0.2, 0) is 19.1 Å². The van der Waals surface area contributed by atoms with E-state index >= 15 is 0 Å². The number of imide groups is 1. The highest BCUT2D eigenvalue weighted by atomic mass is 16.6. The molecule has 7 rings (SSSR count). The van der Waals surface area contributed by atoms with Crippen molar-refractivity contribution in [1.82, 2.24) is 0 Å². The summed E-state index contributed by atoms with van der Waals surface area (Å²) < 4.78 is 11.7. The van der Waals surface area contributed by atoms with Gasteiger partial charge in [0.2, 0.25) is 11.8 Å². The average Bonchev–Trinajstić information content (AvgIpc) is 3.56. The van der Waals surface area contributed by atoms with Gasteiger partial charge in [-0.3, -0.25) is 19.7 Å². The summed E-state index contributed by atoms with van der Waals surface area (Å²) in [5.41, 5.74) is 2.70. The van der Waals surface area contributed by atoms with Crippen molar-refractivity contribution in [2.24, 2.45) is 11.8 Å². The number of methoxy groups -OCH3 is 1. The lowest BCUT2D eigenvalue weighted by Gasteiger charge is -2.36. The maximum absolute atomic E-state index is 14.5. The van der Waals surface area contributed by atoms with E-state index in [-0.39, 0.29) is 17.1 Å². The topological polar surface area (TPSA) is 119 Å². The number of ether oxygens (including phenoxy) is 2. The summed E-state index contributed by atoms with van der Waals surface area (Å²) in [5.74, 6) is -3.83. The summed E-state index contributed by atoms with van der Waals surface area (Å²) in [4.78, 5) is 56.8. The highest BCUT2D eigenvalue weighted by Crippen LogP contribution is 2.51. The van der Waals surface area contributed by atoms with E-state index in [2.05, 4.69) is 0 Å². The lowest BCUT2D eigenvalue weighted by molar-refractivity contribution is -0.384. The Hall–Kier alpha value is -5.77. The zero-order valence-corrected chi connectivity index (χ0v) is 24.1. The maximum Gasteiger partial charge on any atom is 0.330 e. The van der Waals surface area contributed by atoms with Gasteiger partial charge in [-0.05, 0) is 28.8 Å². The Morgan fingerprint density at radius 3 is 2.09 bits per heavy atom. The number of benzene rings is 4. The summed E-state index contributed by atoms with van der Waals surface area (Å²) >= 11 is 0. The van der Waals surface area contributed by atoms with Gasteiger partial charge in [0.15, 0.2) is 6.10 Å². The van der Waals surface area contributed by atoms with Crippen LogP contribution in [0.1, 0.15) is 22.8 Å². The molecular formula is C35H27N3O7. The fraction of sp³-hybridized carbons (Fsp3) is 0.171. The molecule has 10 heteroatoms. The Morgan fingerprint density at radius 2 is 1.44 bits per heavy atom. The summed E-state index contributed by atoms with van der Waals surface area (Å²) in [6.45, 7) is 0. The molecule has 0 N–H and O–H groups in total. The predicted molar refractivity (Wildman–Crippen MR) is 165 cm³/mol. The Morgan fingerprint density at radius 1 is 0.822 bits per heavy atom. The van der Waals surface area contributed by atoms with Gasteiger partial charge < -0.3 is 14.4 Å². The highest BCUT2D eigenvalue weighted by Gasteiger charge is 2.65. The van der Waals surface area contributed by atoms with Crippen LogP contribution in [0.3, 0.4) is 0 Å². The van der Waals surface area contributed by atoms with E-state index in [0.29, 0.717) is 5.69 Å². The fourth-order valence-electron chi connectivity index (χ4n) is 6.76. The number of nitro benzene ring substituents is 1. The molecule has 3 heterocycles. The molecule has 0 saturated carbocycles. The van der Waals surface area contributed by atoms with Crippen molar-refractivity contribution in [3.05, 3.63) is 136 Å². The first-order valence-electron chi connectivity index (χ1n) is 14.4. The van der Waals surface area contributed by atoms with Gasteiger partial charge in [-0.2, -0.15) is 0 Å². The molecule has 4 aromatic carbocycles. The summed E-state index contributed by atoms with van der Waals surface area (Å²) in [5, 5.41) is 11.6. The van der Waals surface area contributed by atoms with E-state index < -0.39 is 52.7 Å². The molecule has 2 amide bonds. The second-order valence-electron chi connectivity index (χ2n) is 11.1. The third kappa shape index (κ3) is 4.53. The molecule has 224 valence electrons. The summed E-state index contributed by atoms with van der Waals surface area (Å²) in [6.07, 6.45) is 2.94. The minimum atomic E-state index is -1.16. The summed E-state index contributed by atoms with van der Waals surface area (Å²) in [6, 6.07) is 28.0. The van der Waals surface area contributed by atoms with Crippen LogP contribution in [0, 0.1) is 22.0 Å². The third-order valence-electron chi connectivity index (χ3n) is 8.71. The average molecular weight is 602 g/mol. The molecule has 0 aliphatic carbocycles. The van der Waals surface area contributed by atoms with E-state index in [4.69, 9.17) is 9.47 Å². The molecule has 0 spiro atoms. The van der Waals surface area contributed by atoms with Crippen LogP contribution < -0.4 is 14.5 Å². The Balaban J connectivity index is 1.33. The molecule has 3 aliphatic heterocycles. The van der Waals surface area contributed by atoms with Gasteiger partial charge in [-0.1, -0.05) is 91.0 Å². The highest BCUT2D eigenvalue weighted by molar-refractivity contribution is 6.25. The molecule has 3 aliphatic rings. The molecule has 0 radical (unpaired) electrons. The van der Waals surface area contributed by atoms with Gasteiger partial charge in [0.05, 0.1) is 29.9 Å². The lowest BCUT2D eigenvalue weighted by Crippen LogP contribution is -2.49. The number of non-ortho nitro benzene ring substituents is 1. The number of hydrogen-bond donors (Lipinski definition) is 0. The number of esters is 1. The number of para-hydroxylation sites is 1. The van der Waals surface area contributed by atoms with Crippen LogP contribution in [0.4, 0.5) is 17.1 Å². The number of amides is 2. The smallest absolute Gasteiger partial charge is 0.330 e. The van der Waals surface area contributed by atoms with E-state index in [1.807, 2.05) is 102 Å². The molecule has 0 bridgehead atoms. The molecule has 2 fully saturated rings. The Kier molecular flexibility index (Phi) is 6.89. The number of nitro groups is 1. The quantitative estimate of drug-likeness (QED) is 0.121. The van der Waals surface area contributed by atoms with Gasteiger partial charge in [-0.15, -0.1) is 0 Å². The second-order valence-corrected chi connectivity index (χ2v) is 11.1. The number of fused-ring (bicyclic) bond motifs is 5. The number of carbonyl (C=O) groups excluding carboxylic acids is 3. The minimum Gasteiger partial charge on any atom is -0.495 e. The van der Waals surface area contributed by atoms with Crippen molar-refractivity contribution in [2.45, 2.75) is 18.2 Å². The van der Waals surface area contributed by atoms with Gasteiger partial charge in [0.25, 0.3) is 5.69 Å². The zero-order chi connectivity index (χ0) is 31.2. The number of nitrogens with zero attached hydrogens (tertiary/aromatic N) is 3. The van der Waals surface area contributed by atoms with Crippen molar-refractivity contribution in [3.63, 3.8) is 0 Å². The van der Waals surface area contributed by atoms with Crippen molar-refractivity contribution in [2.75, 3.05) is 16.9 Å². The number of hydrogen-bond acceptors (Lipinski definition) is 8. The van der Waals surface area contributed by atoms with Crippen LogP contribution in [0.2, 0.25) is 0 Å². The van der Waals surface area contributed by atoms with E-state index in [1.54, 1.807) is 0 Å². The lowest BCUT2D eigenvalue weighted by atomic mass is 9.88. The van der Waals surface area contributed by atoms with Crippen LogP contribution >= 0.6 is 0 Å². The zero-order valence-electron chi connectivity index (χ0n) is 24.1. The summed E-state index contributed by atoms with van der Waals surface area (Å²) in [7, 11) is 1.35. The van der Waals surface area contributed by atoms with Crippen LogP contribution in [0.5, 0.6) is 5.75 Å². The number of carbonyl (C=O) groups is 3. The van der Waals surface area contributed by atoms with Gasteiger partial charge in [-0.25, -0.2) is 9.69 Å². The SMILES string of the molecule is COc1ccc([N+](=O)[O-])cc1N1C(=O)[C@@H]2[C@H](C1=O)[C@H](C(=O)OC(c1ccccc1)c1ccccc1)N1c3ccccc3C=C[C@@H]21. The predicted octanol–water partition coefficient (Wildman–Crippen LogP) is 5.33. The normalized spacial score (nSPS) is 21.4. The standard InChI is InChI=1S/C35H27N3O7/c1-44-28-19-17-24(38(42)43)20-27(28)37-33(39)29-26-18-16-21-10-8-9-15-25(21)36(26)31(30(29)34(37)40)35(41)45-32(22-11-4-2-5-12-22)23-13-6-3-7-14-23/h2-20,26,29-32H,1H3/t26-,29-,30-,31+/m0/s1. The Labute approximate surface area is 258 Å². The van der Waals surface area contributed by atoms with Gasteiger partial charge in [0, 0.05) is 17.8 Å². The first-order valence-corrected chi connectivity index (χ1v) is 14.4. The minimum absolute atomic E-state index is 0.0404. The van der Waals surface area contributed by atoms with Gasteiger partial charge >= 0.3 is 5.97 Å². The molecule has 2 saturated heterocycles. The molecule has 0 aromatic heterocycles. The van der Waals surface area contributed by atoms with Crippen molar-refractivity contribution < 1.29 is 28.8 Å². The van der Waals surface area contributed by atoms with Crippen molar-refractivity contribution in [3.8, 4) is 5.75 Å². The van der Waals surface area contributed by atoms with Crippen LogP contribution in [-0.4, -0.2) is 41.9 Å². The first-order chi connectivity index (χ1) is 21.9. The van der Waals surface area contributed by atoms with Crippen molar-refractivity contribution in [1.29, 1.82) is 0 Å². The van der Waals surface area contributed by atoms with E-state index in [0.717, 1.165) is 27.7 Å². The van der Waals surface area contributed by atoms with Crippen LogP contribution in [0.25, 0.3) is 6.08 Å². The van der Waals surface area contributed by atoms with Gasteiger partial charge in [0.1, 0.15) is 17.5 Å². The molecule has 45 heavy (non-hydrogen) atoms. The van der Waals surface area contributed by atoms with Crippen LogP contribution in [0.15, 0.2) is 109 Å². The molecule has 0 unspecified atom stereocenters. The first kappa shape index (κ1) is 28.0. The van der Waals surface area contributed by atoms with Crippen molar-refractivity contribution >= 4 is 40.9 Å².